The van der Waals surface area contributed by atoms with E-state index in [4.69, 9.17) is 0 Å². The molecule has 0 bridgehead atoms. The van der Waals surface area contributed by atoms with E-state index in [1.807, 2.05) is 11.8 Å². The highest BCUT2D eigenvalue weighted by Crippen LogP contribution is 2.33. The molecule has 1 atom stereocenters. The molecule has 1 saturated carbocycles. The second-order valence-corrected chi connectivity index (χ2v) is 7.28. The van der Waals surface area contributed by atoms with E-state index in [0.717, 1.165) is 50.4 Å². The Balaban J connectivity index is 1.86. The number of hydrogen-bond donors (Lipinski definition) is 2. The quantitative estimate of drug-likeness (QED) is 0.815. The van der Waals surface area contributed by atoms with Crippen molar-refractivity contribution in [2.75, 3.05) is 19.3 Å². The van der Waals surface area contributed by atoms with Crippen LogP contribution in [0.1, 0.15) is 51.9 Å². The first-order valence-corrected chi connectivity index (χ1v) is 9.03. The molecular weight excluding hydrogens is 256 g/mol. The third kappa shape index (κ3) is 3.66. The average Bonchev–Trinajstić information content (AvgIpc) is 2.90. The normalized spacial score (nSPS) is 35.3. The molecular formula is C15H28N2OS. The lowest BCUT2D eigenvalue weighted by Crippen LogP contribution is -2.47. The van der Waals surface area contributed by atoms with E-state index in [1.165, 1.54) is 12.8 Å². The van der Waals surface area contributed by atoms with Crippen LogP contribution in [0.3, 0.4) is 0 Å². The second kappa shape index (κ2) is 6.98. The van der Waals surface area contributed by atoms with E-state index >= 15 is 0 Å². The summed E-state index contributed by atoms with van der Waals surface area (Å²) < 4.78 is 0. The van der Waals surface area contributed by atoms with Gasteiger partial charge in [0.25, 0.3) is 0 Å². The Hall–Kier alpha value is -0.220. The summed E-state index contributed by atoms with van der Waals surface area (Å²) in [5.41, 5.74) is -0.120. The second-order valence-electron chi connectivity index (χ2n) is 6.14. The molecule has 1 aliphatic heterocycles. The molecule has 19 heavy (non-hydrogen) atoms. The first kappa shape index (κ1) is 15.2. The Morgan fingerprint density at radius 3 is 2.63 bits per heavy atom. The third-order valence-corrected chi connectivity index (χ3v) is 5.93. The molecule has 2 rings (SSSR count). The van der Waals surface area contributed by atoms with Crippen LogP contribution in [0.4, 0.5) is 0 Å². The van der Waals surface area contributed by atoms with Gasteiger partial charge in [-0.15, -0.1) is 0 Å². The molecule has 110 valence electrons. The number of rotatable bonds is 5. The first-order chi connectivity index (χ1) is 9.20. The molecule has 2 fully saturated rings. The number of nitrogens with one attached hydrogen (secondary N) is 2. The van der Waals surface area contributed by atoms with Crippen LogP contribution >= 0.6 is 11.8 Å². The Labute approximate surface area is 121 Å². The van der Waals surface area contributed by atoms with Gasteiger partial charge < -0.3 is 10.6 Å². The topological polar surface area (TPSA) is 41.1 Å². The lowest BCUT2D eigenvalue weighted by Gasteiger charge is -2.33. The Kier molecular flexibility index (Phi) is 5.58. The van der Waals surface area contributed by atoms with Gasteiger partial charge in [0, 0.05) is 17.8 Å². The molecule has 0 aromatic carbocycles. The maximum atomic E-state index is 12.6. The van der Waals surface area contributed by atoms with Crippen molar-refractivity contribution in [2.45, 2.75) is 63.2 Å². The van der Waals surface area contributed by atoms with Gasteiger partial charge in [0.2, 0.25) is 5.91 Å². The van der Waals surface area contributed by atoms with Crippen LogP contribution in [0.2, 0.25) is 0 Å². The van der Waals surface area contributed by atoms with Crippen LogP contribution in [0, 0.1) is 5.41 Å². The van der Waals surface area contributed by atoms with E-state index in [-0.39, 0.29) is 5.41 Å². The molecule has 1 heterocycles. The van der Waals surface area contributed by atoms with Gasteiger partial charge in [-0.25, -0.2) is 0 Å². The zero-order valence-corrected chi connectivity index (χ0v) is 13.2. The van der Waals surface area contributed by atoms with Gasteiger partial charge in [0.1, 0.15) is 0 Å². The zero-order valence-electron chi connectivity index (χ0n) is 12.3. The number of thioether (sulfide) groups is 1. The average molecular weight is 284 g/mol. The van der Waals surface area contributed by atoms with Crippen molar-refractivity contribution in [2.24, 2.45) is 5.41 Å². The lowest BCUT2D eigenvalue weighted by atomic mass is 9.81. The van der Waals surface area contributed by atoms with Crippen LogP contribution in [-0.4, -0.2) is 36.5 Å². The maximum absolute atomic E-state index is 12.6. The molecule has 0 radical (unpaired) electrons. The van der Waals surface area contributed by atoms with Crippen LogP contribution in [0.25, 0.3) is 0 Å². The summed E-state index contributed by atoms with van der Waals surface area (Å²) in [6.07, 6.45) is 10.1. The van der Waals surface area contributed by atoms with Crippen LogP contribution < -0.4 is 10.6 Å². The van der Waals surface area contributed by atoms with E-state index < -0.39 is 0 Å². The molecule has 2 aliphatic rings. The van der Waals surface area contributed by atoms with Crippen LogP contribution in [-0.2, 0) is 4.79 Å². The van der Waals surface area contributed by atoms with Gasteiger partial charge in [0.15, 0.2) is 0 Å². The van der Waals surface area contributed by atoms with Gasteiger partial charge in [-0.2, -0.15) is 11.8 Å². The lowest BCUT2D eigenvalue weighted by molar-refractivity contribution is -0.131. The molecule has 4 heteroatoms. The number of carbonyl (C=O) groups excluding carboxylic acids is 1. The summed E-state index contributed by atoms with van der Waals surface area (Å²) in [6.45, 7) is 4.04. The van der Waals surface area contributed by atoms with Gasteiger partial charge in [-0.05, 0) is 51.3 Å². The van der Waals surface area contributed by atoms with Crippen molar-refractivity contribution in [1.82, 2.24) is 10.6 Å². The van der Waals surface area contributed by atoms with Crippen LogP contribution in [0.15, 0.2) is 0 Å². The standard InChI is InChI=1S/C15H28N2OS/c1-3-8-15(9-10-16-11-15)14(18)17-12-4-6-13(19-2)7-5-12/h12-13,16H,3-11H2,1-2H3,(H,17,18). The van der Waals surface area contributed by atoms with Crippen molar-refractivity contribution < 1.29 is 4.79 Å². The third-order valence-electron chi connectivity index (χ3n) is 4.80. The van der Waals surface area contributed by atoms with Crippen molar-refractivity contribution >= 4 is 17.7 Å². The smallest absolute Gasteiger partial charge is 0.227 e. The summed E-state index contributed by atoms with van der Waals surface area (Å²) in [5.74, 6) is 0.312. The molecule has 1 amide bonds. The van der Waals surface area contributed by atoms with Gasteiger partial charge in [-0.3, -0.25) is 4.79 Å². The predicted molar refractivity (Wildman–Crippen MR) is 82.5 cm³/mol. The number of carbonyl (C=O) groups is 1. The van der Waals surface area contributed by atoms with Crippen molar-refractivity contribution in [3.05, 3.63) is 0 Å². The highest BCUT2D eigenvalue weighted by molar-refractivity contribution is 7.99. The van der Waals surface area contributed by atoms with Gasteiger partial charge in [-0.1, -0.05) is 13.3 Å². The van der Waals surface area contributed by atoms with Crippen LogP contribution in [0.5, 0.6) is 0 Å². The monoisotopic (exact) mass is 284 g/mol. The van der Waals surface area contributed by atoms with Crippen molar-refractivity contribution in [3.8, 4) is 0 Å². The SMILES string of the molecule is CCCC1(C(=O)NC2CCC(SC)CC2)CCNC1. The first-order valence-electron chi connectivity index (χ1n) is 7.74. The molecule has 2 N–H and O–H groups in total. The fraction of sp³-hybridized carbons (Fsp3) is 0.933. The Morgan fingerprint density at radius 1 is 1.37 bits per heavy atom. The summed E-state index contributed by atoms with van der Waals surface area (Å²) in [5, 5.41) is 7.52. The summed E-state index contributed by atoms with van der Waals surface area (Å²) >= 11 is 1.98. The molecule has 1 saturated heterocycles. The number of amides is 1. The maximum Gasteiger partial charge on any atom is 0.227 e. The van der Waals surface area contributed by atoms with E-state index in [2.05, 4.69) is 23.8 Å². The van der Waals surface area contributed by atoms with E-state index in [1.54, 1.807) is 0 Å². The fourth-order valence-corrected chi connectivity index (χ4v) is 4.27. The number of hydrogen-bond acceptors (Lipinski definition) is 3. The molecule has 1 unspecified atom stereocenters. The summed E-state index contributed by atoms with van der Waals surface area (Å²) in [4.78, 5) is 12.6. The van der Waals surface area contributed by atoms with Gasteiger partial charge >= 0.3 is 0 Å². The highest BCUT2D eigenvalue weighted by Gasteiger charge is 2.41. The van der Waals surface area contributed by atoms with Crippen molar-refractivity contribution in [3.63, 3.8) is 0 Å². The molecule has 1 aliphatic carbocycles. The summed E-state index contributed by atoms with van der Waals surface area (Å²) in [6, 6.07) is 0.422. The molecule has 3 nitrogen and oxygen atoms in total. The molecule has 0 aromatic heterocycles. The summed E-state index contributed by atoms with van der Waals surface area (Å²) in [7, 11) is 0. The highest BCUT2D eigenvalue weighted by atomic mass is 32.2. The Bertz CT molecular complexity index is 295. The minimum Gasteiger partial charge on any atom is -0.353 e. The van der Waals surface area contributed by atoms with E-state index in [9.17, 15) is 4.79 Å². The van der Waals surface area contributed by atoms with E-state index in [0.29, 0.717) is 11.9 Å². The minimum absolute atomic E-state index is 0.120. The van der Waals surface area contributed by atoms with Crippen molar-refractivity contribution in [1.29, 1.82) is 0 Å². The fourth-order valence-electron chi connectivity index (χ4n) is 3.52. The predicted octanol–water partition coefficient (Wildman–Crippen LogP) is 2.56. The Morgan fingerprint density at radius 2 is 2.11 bits per heavy atom. The largest absolute Gasteiger partial charge is 0.353 e. The zero-order chi connectivity index (χ0) is 13.7. The van der Waals surface area contributed by atoms with Gasteiger partial charge in [0.05, 0.1) is 5.41 Å². The molecule has 0 spiro atoms. The minimum atomic E-state index is -0.120. The molecule has 0 aromatic rings.